The molecule has 18 N–H and O–H groups in total. The van der Waals surface area contributed by atoms with Gasteiger partial charge in [0.2, 0.25) is 41.4 Å². The van der Waals surface area contributed by atoms with Gasteiger partial charge in [-0.3, -0.25) is 33.6 Å². The number of hydrogen-bond acceptors (Lipinski definition) is 12. The maximum absolute atomic E-state index is 14.1. The lowest BCUT2D eigenvalue weighted by atomic mass is 9.99. The summed E-state index contributed by atoms with van der Waals surface area (Å²) in [5.41, 5.74) is 34.3. The van der Waals surface area contributed by atoms with Crippen LogP contribution < -0.4 is 66.3 Å². The Labute approximate surface area is 364 Å². The monoisotopic (exact) mass is 869 g/mol. The molecular weight excluding hydrogens is 785 g/mol. The Bertz CT molecular complexity index is 1320. The Kier molecular flexibility index (Phi) is 30.7. The molecule has 0 fully saturated rings. The summed E-state index contributed by atoms with van der Waals surface area (Å²) in [4.78, 5) is 94.5. The first-order valence-corrected chi connectivity index (χ1v) is 22.5. The molecule has 0 saturated heterocycles. The van der Waals surface area contributed by atoms with Gasteiger partial charge in [-0.25, -0.2) is 0 Å². The third-order valence-corrected chi connectivity index (χ3v) is 10.1. The summed E-state index contributed by atoms with van der Waals surface area (Å²) >= 11 is 0. The lowest BCUT2D eigenvalue weighted by Crippen LogP contribution is -2.60. The van der Waals surface area contributed by atoms with Crippen molar-refractivity contribution >= 4 is 41.4 Å². The van der Waals surface area contributed by atoms with Crippen LogP contribution in [0.4, 0.5) is 0 Å². The van der Waals surface area contributed by atoms with Gasteiger partial charge in [0, 0.05) is 0 Å². The van der Waals surface area contributed by atoms with Crippen LogP contribution in [0.1, 0.15) is 138 Å². The minimum Gasteiger partial charge on any atom is -0.368 e. The first-order chi connectivity index (χ1) is 28.8. The lowest BCUT2D eigenvalue weighted by molar-refractivity contribution is -0.136. The van der Waals surface area contributed by atoms with Gasteiger partial charge in [0.1, 0.15) is 36.3 Å². The average Bonchev–Trinajstić information content (AvgIpc) is 3.18. The highest BCUT2D eigenvalue weighted by Crippen LogP contribution is 2.13. The van der Waals surface area contributed by atoms with E-state index in [0.29, 0.717) is 90.4 Å². The Morgan fingerprint density at radius 3 is 0.902 bits per heavy atom. The number of unbranched alkanes of at least 4 members (excludes halogenated alkanes) is 4. The van der Waals surface area contributed by atoms with Crippen molar-refractivity contribution in [2.24, 2.45) is 52.2 Å². The van der Waals surface area contributed by atoms with Crippen molar-refractivity contribution in [3.63, 3.8) is 0 Å². The summed E-state index contributed by atoms with van der Waals surface area (Å²) in [5.74, 6) is -4.31. The predicted molar refractivity (Wildman–Crippen MR) is 239 cm³/mol. The molecule has 0 aliphatic heterocycles. The molecule has 354 valence electrons. The van der Waals surface area contributed by atoms with Crippen LogP contribution in [-0.2, 0) is 33.6 Å². The second-order valence-corrected chi connectivity index (χ2v) is 17.4. The maximum atomic E-state index is 14.1. The van der Waals surface area contributed by atoms with E-state index >= 15 is 0 Å². The molecule has 61 heavy (non-hydrogen) atoms. The van der Waals surface area contributed by atoms with Crippen molar-refractivity contribution in [2.75, 3.05) is 26.2 Å². The van der Waals surface area contributed by atoms with Crippen molar-refractivity contribution in [1.82, 2.24) is 31.9 Å². The smallest absolute Gasteiger partial charge is 0.243 e. The zero-order chi connectivity index (χ0) is 46.5. The Hall–Kier alpha value is -3.91. The van der Waals surface area contributed by atoms with E-state index in [1.54, 1.807) is 0 Å². The standard InChI is InChI=1S/C42H84N12O7/c1-26(2)23-33(52-37(56)29(47)15-7-11-19-43)41(60)50-31(17-9-13-21-45)39(58)54-35(25-28(5)6)42(61)51-32(18-10-14-22-46)38(57)53-34(24-27(3)4)40(59)49-30(36(48)55)16-8-12-20-44/h26-35H,7-25,43-47H2,1-6H3,(H2,48,55)(H,49,59)(H,50,60)(H,51,61)(H,52,56)(H,53,57)(H,54,58)/t29-,30-,31-,32-,33-,34-,35-/m0/s1. The van der Waals surface area contributed by atoms with Crippen molar-refractivity contribution in [3.8, 4) is 0 Å². The van der Waals surface area contributed by atoms with Crippen molar-refractivity contribution in [1.29, 1.82) is 0 Å². The fourth-order valence-corrected chi connectivity index (χ4v) is 6.69. The van der Waals surface area contributed by atoms with E-state index in [1.807, 2.05) is 41.5 Å². The van der Waals surface area contributed by atoms with E-state index in [9.17, 15) is 33.6 Å². The fourth-order valence-electron chi connectivity index (χ4n) is 6.69. The van der Waals surface area contributed by atoms with Crippen LogP contribution in [0.3, 0.4) is 0 Å². The molecule has 0 bridgehead atoms. The van der Waals surface area contributed by atoms with Gasteiger partial charge in [0.15, 0.2) is 0 Å². The van der Waals surface area contributed by atoms with Gasteiger partial charge in [-0.15, -0.1) is 0 Å². The van der Waals surface area contributed by atoms with Gasteiger partial charge < -0.3 is 66.3 Å². The normalized spacial score (nSPS) is 14.9. The van der Waals surface area contributed by atoms with E-state index < -0.39 is 83.6 Å². The average molecular weight is 869 g/mol. The quantitative estimate of drug-likeness (QED) is 0.0354. The van der Waals surface area contributed by atoms with Crippen molar-refractivity contribution < 1.29 is 33.6 Å². The summed E-state index contributed by atoms with van der Waals surface area (Å²) in [6.45, 7) is 12.9. The molecular formula is C42H84N12O7. The Morgan fingerprint density at radius 2 is 0.607 bits per heavy atom. The summed E-state index contributed by atoms with van der Waals surface area (Å²) in [6, 6.07) is -7.10. The van der Waals surface area contributed by atoms with Gasteiger partial charge in [-0.05, 0) is 134 Å². The molecule has 19 heteroatoms. The van der Waals surface area contributed by atoms with Crippen LogP contribution in [-0.4, -0.2) is 110 Å². The Morgan fingerprint density at radius 1 is 0.361 bits per heavy atom. The van der Waals surface area contributed by atoms with E-state index in [2.05, 4.69) is 31.9 Å². The van der Waals surface area contributed by atoms with E-state index in [-0.39, 0.29) is 49.9 Å². The molecule has 0 rings (SSSR count). The highest BCUT2D eigenvalue weighted by molar-refractivity contribution is 5.97. The fraction of sp³-hybridized carbons (Fsp3) is 0.833. The van der Waals surface area contributed by atoms with Crippen LogP contribution in [0.5, 0.6) is 0 Å². The highest BCUT2D eigenvalue weighted by atomic mass is 16.2. The number of nitrogens with one attached hydrogen (secondary N) is 6. The van der Waals surface area contributed by atoms with Crippen LogP contribution in [0.15, 0.2) is 0 Å². The molecule has 0 saturated carbocycles. The molecule has 7 atom stereocenters. The zero-order valence-electron chi connectivity index (χ0n) is 38.0. The first kappa shape index (κ1) is 57.1. The van der Waals surface area contributed by atoms with Gasteiger partial charge in [-0.1, -0.05) is 48.0 Å². The number of nitrogens with two attached hydrogens (primary N) is 6. The molecule has 0 radical (unpaired) electrons. The SMILES string of the molecule is CC(C)C[C@H](NC(=O)[C@H](CCCCN)NC(=O)[C@H](CC(C)C)NC(=O)[C@H](CCCCN)NC(=O)[C@H](CC(C)C)NC(=O)[C@@H](N)CCCCN)C(=O)N[C@@H](CCCCN)C(N)=O. The van der Waals surface area contributed by atoms with Crippen LogP contribution in [0.2, 0.25) is 0 Å². The third-order valence-electron chi connectivity index (χ3n) is 10.1. The molecule has 0 heterocycles. The summed E-state index contributed by atoms with van der Waals surface area (Å²) in [5, 5.41) is 16.6. The van der Waals surface area contributed by atoms with E-state index in [4.69, 9.17) is 34.4 Å². The molecule has 0 spiro atoms. The van der Waals surface area contributed by atoms with E-state index in [0.717, 1.165) is 0 Å². The van der Waals surface area contributed by atoms with Crippen molar-refractivity contribution in [2.45, 2.75) is 180 Å². The third kappa shape index (κ3) is 25.6. The second kappa shape index (κ2) is 32.8. The molecule has 0 unspecified atom stereocenters. The topological polar surface area (TPSA) is 348 Å². The first-order valence-electron chi connectivity index (χ1n) is 22.5. The molecule has 0 aromatic carbocycles. The molecule has 7 amide bonds. The number of hydrogen-bond donors (Lipinski definition) is 12. The van der Waals surface area contributed by atoms with E-state index in [1.165, 1.54) is 0 Å². The summed E-state index contributed by atoms with van der Waals surface area (Å²) < 4.78 is 0. The maximum Gasteiger partial charge on any atom is 0.243 e. The van der Waals surface area contributed by atoms with Gasteiger partial charge in [-0.2, -0.15) is 0 Å². The highest BCUT2D eigenvalue weighted by Gasteiger charge is 2.34. The van der Waals surface area contributed by atoms with Crippen LogP contribution in [0.25, 0.3) is 0 Å². The van der Waals surface area contributed by atoms with Crippen LogP contribution in [0, 0.1) is 17.8 Å². The number of carbonyl (C=O) groups is 7. The second-order valence-electron chi connectivity index (χ2n) is 17.4. The number of amides is 7. The van der Waals surface area contributed by atoms with Gasteiger partial charge >= 0.3 is 0 Å². The predicted octanol–water partition coefficient (Wildman–Crippen LogP) is -0.638. The molecule has 19 nitrogen and oxygen atoms in total. The lowest BCUT2D eigenvalue weighted by Gasteiger charge is -2.29. The number of carbonyl (C=O) groups excluding carboxylic acids is 7. The number of primary amides is 1. The summed E-state index contributed by atoms with van der Waals surface area (Å²) in [7, 11) is 0. The van der Waals surface area contributed by atoms with Crippen molar-refractivity contribution in [3.05, 3.63) is 0 Å². The minimum absolute atomic E-state index is 0.0108. The largest absolute Gasteiger partial charge is 0.368 e. The molecule has 0 aliphatic carbocycles. The Balaban J connectivity index is 6.40. The zero-order valence-corrected chi connectivity index (χ0v) is 38.0. The minimum atomic E-state index is -1.11. The molecule has 0 aromatic heterocycles. The van der Waals surface area contributed by atoms with Crippen LogP contribution >= 0.6 is 0 Å². The van der Waals surface area contributed by atoms with Gasteiger partial charge in [0.25, 0.3) is 0 Å². The summed E-state index contributed by atoms with van der Waals surface area (Å²) in [6.07, 6.45) is 6.49. The molecule has 0 aromatic rings. The molecule has 0 aliphatic rings. The number of rotatable bonds is 35. The van der Waals surface area contributed by atoms with Gasteiger partial charge in [0.05, 0.1) is 6.04 Å².